The van der Waals surface area contributed by atoms with E-state index in [0.717, 1.165) is 25.2 Å². The summed E-state index contributed by atoms with van der Waals surface area (Å²) in [4.78, 5) is 26.5. The van der Waals surface area contributed by atoms with Crippen LogP contribution < -0.4 is 10.6 Å². The first-order valence-electron chi connectivity index (χ1n) is 9.57. The highest BCUT2D eigenvalue weighted by Gasteiger charge is 2.27. The van der Waals surface area contributed by atoms with Gasteiger partial charge in [0.2, 0.25) is 0 Å². The fourth-order valence-corrected chi connectivity index (χ4v) is 3.64. The second kappa shape index (κ2) is 9.52. The highest BCUT2D eigenvalue weighted by atomic mass is 16.5. The number of benzene rings is 1. The van der Waals surface area contributed by atoms with E-state index in [9.17, 15) is 9.59 Å². The SMILES string of the molecule is COCCNC(=O)C(=O)NCC(c1cccn1C)N1CCc2ccccc2C1. The molecular formula is C21H28N4O3. The Hall–Kier alpha value is -2.64. The number of carbonyl (C=O) groups is 2. The summed E-state index contributed by atoms with van der Waals surface area (Å²) in [5, 5.41) is 5.35. The van der Waals surface area contributed by atoms with Gasteiger partial charge in [0.25, 0.3) is 0 Å². The van der Waals surface area contributed by atoms with Crippen LogP contribution in [0.5, 0.6) is 0 Å². The van der Waals surface area contributed by atoms with Gasteiger partial charge in [-0.3, -0.25) is 14.5 Å². The van der Waals surface area contributed by atoms with Crippen LogP contribution in [0.3, 0.4) is 0 Å². The molecular weight excluding hydrogens is 356 g/mol. The molecule has 2 heterocycles. The lowest BCUT2D eigenvalue weighted by atomic mass is 9.98. The maximum atomic E-state index is 12.2. The van der Waals surface area contributed by atoms with Gasteiger partial charge in [0.15, 0.2) is 0 Å². The van der Waals surface area contributed by atoms with Crippen molar-refractivity contribution in [3.63, 3.8) is 0 Å². The second-order valence-corrected chi connectivity index (χ2v) is 7.01. The molecule has 0 saturated heterocycles. The average Bonchev–Trinajstić information content (AvgIpc) is 3.13. The number of methoxy groups -OCH3 is 1. The molecule has 150 valence electrons. The molecule has 1 aliphatic heterocycles. The van der Waals surface area contributed by atoms with Gasteiger partial charge in [0.1, 0.15) is 0 Å². The maximum absolute atomic E-state index is 12.2. The van der Waals surface area contributed by atoms with Gasteiger partial charge in [-0.15, -0.1) is 0 Å². The van der Waals surface area contributed by atoms with Gasteiger partial charge in [-0.2, -0.15) is 0 Å². The lowest BCUT2D eigenvalue weighted by molar-refractivity contribution is -0.139. The van der Waals surface area contributed by atoms with Crippen molar-refractivity contribution in [3.8, 4) is 0 Å². The summed E-state index contributed by atoms with van der Waals surface area (Å²) in [6, 6.07) is 12.5. The summed E-state index contributed by atoms with van der Waals surface area (Å²) in [5.41, 5.74) is 3.81. The number of hydrogen-bond donors (Lipinski definition) is 2. The Kier molecular flexibility index (Phi) is 6.84. The molecule has 0 saturated carbocycles. The zero-order chi connectivity index (χ0) is 19.9. The first kappa shape index (κ1) is 20.1. The Morgan fingerprint density at radius 1 is 1.11 bits per heavy atom. The standard InChI is InChI=1S/C21H28N4O3/c1-24-11-5-8-18(24)19(14-23-21(27)20(26)22-10-13-28-2)25-12-9-16-6-3-4-7-17(16)15-25/h3-8,11,19H,9-10,12-15H2,1-2H3,(H,22,26)(H,23,27). The van der Waals surface area contributed by atoms with Crippen LogP contribution in [0.2, 0.25) is 0 Å². The molecule has 0 aliphatic carbocycles. The average molecular weight is 384 g/mol. The van der Waals surface area contributed by atoms with E-state index in [1.165, 1.54) is 11.1 Å². The van der Waals surface area contributed by atoms with Crippen molar-refractivity contribution < 1.29 is 14.3 Å². The van der Waals surface area contributed by atoms with Crippen LogP contribution in [0.15, 0.2) is 42.6 Å². The van der Waals surface area contributed by atoms with E-state index < -0.39 is 11.8 Å². The van der Waals surface area contributed by atoms with Crippen LogP contribution in [-0.4, -0.2) is 54.6 Å². The topological polar surface area (TPSA) is 75.6 Å². The van der Waals surface area contributed by atoms with Gasteiger partial charge in [0.05, 0.1) is 12.6 Å². The number of amides is 2. The Bertz CT molecular complexity index is 817. The van der Waals surface area contributed by atoms with Crippen molar-refractivity contribution in [3.05, 3.63) is 59.4 Å². The second-order valence-electron chi connectivity index (χ2n) is 7.01. The van der Waals surface area contributed by atoms with Crippen LogP contribution in [0.1, 0.15) is 22.9 Å². The van der Waals surface area contributed by atoms with Gasteiger partial charge in [-0.1, -0.05) is 24.3 Å². The highest BCUT2D eigenvalue weighted by Crippen LogP contribution is 2.27. The number of hydrogen-bond acceptors (Lipinski definition) is 4. The molecule has 2 N–H and O–H groups in total. The third-order valence-electron chi connectivity index (χ3n) is 5.18. The molecule has 0 fully saturated rings. The molecule has 28 heavy (non-hydrogen) atoms. The van der Waals surface area contributed by atoms with Crippen LogP contribution in [0.25, 0.3) is 0 Å². The molecule has 3 rings (SSSR count). The zero-order valence-corrected chi connectivity index (χ0v) is 16.5. The lowest BCUT2D eigenvalue weighted by Crippen LogP contribution is -2.46. The van der Waals surface area contributed by atoms with Crippen LogP contribution in [0, 0.1) is 0 Å². The molecule has 1 aromatic carbocycles. The molecule has 2 aromatic rings. The van der Waals surface area contributed by atoms with Crippen LogP contribution in [-0.2, 0) is 34.3 Å². The quantitative estimate of drug-likeness (QED) is 0.552. The third-order valence-corrected chi connectivity index (χ3v) is 5.18. The number of nitrogens with one attached hydrogen (secondary N) is 2. The molecule has 1 aromatic heterocycles. The van der Waals surface area contributed by atoms with Gasteiger partial charge in [-0.25, -0.2) is 0 Å². The molecule has 7 heteroatoms. The number of carbonyl (C=O) groups excluding carboxylic acids is 2. The van der Waals surface area contributed by atoms with Crippen molar-refractivity contribution in [2.24, 2.45) is 7.05 Å². The number of ether oxygens (including phenoxy) is 1. The van der Waals surface area contributed by atoms with Crippen LogP contribution >= 0.6 is 0 Å². The first-order valence-corrected chi connectivity index (χ1v) is 9.57. The number of fused-ring (bicyclic) bond motifs is 1. The van der Waals surface area contributed by atoms with E-state index in [1.54, 1.807) is 7.11 Å². The molecule has 1 unspecified atom stereocenters. The van der Waals surface area contributed by atoms with Crippen LogP contribution in [0.4, 0.5) is 0 Å². The molecule has 1 aliphatic rings. The third kappa shape index (κ3) is 4.79. The summed E-state index contributed by atoms with van der Waals surface area (Å²) in [6.07, 6.45) is 2.97. The fourth-order valence-electron chi connectivity index (χ4n) is 3.64. The van der Waals surface area contributed by atoms with E-state index in [0.29, 0.717) is 19.7 Å². The van der Waals surface area contributed by atoms with E-state index in [-0.39, 0.29) is 6.04 Å². The summed E-state index contributed by atoms with van der Waals surface area (Å²) >= 11 is 0. The van der Waals surface area contributed by atoms with Crippen molar-refractivity contribution in [1.82, 2.24) is 20.1 Å². The molecule has 0 bridgehead atoms. The van der Waals surface area contributed by atoms with Crippen molar-refractivity contribution in [2.75, 3.05) is 33.4 Å². The largest absolute Gasteiger partial charge is 0.383 e. The Morgan fingerprint density at radius 2 is 1.86 bits per heavy atom. The Balaban J connectivity index is 1.68. The predicted octanol–water partition coefficient (Wildman–Crippen LogP) is 1.00. The summed E-state index contributed by atoms with van der Waals surface area (Å²) in [5.74, 6) is -1.25. The number of rotatable bonds is 7. The number of aryl methyl sites for hydroxylation is 1. The molecule has 0 radical (unpaired) electrons. The normalized spacial score (nSPS) is 14.9. The van der Waals surface area contributed by atoms with E-state index in [1.807, 2.05) is 19.3 Å². The predicted molar refractivity (Wildman–Crippen MR) is 107 cm³/mol. The smallest absolute Gasteiger partial charge is 0.309 e. The van der Waals surface area contributed by atoms with Crippen molar-refractivity contribution >= 4 is 11.8 Å². The maximum Gasteiger partial charge on any atom is 0.309 e. The summed E-state index contributed by atoms with van der Waals surface area (Å²) in [6.45, 7) is 2.78. The minimum atomic E-state index is -0.633. The highest BCUT2D eigenvalue weighted by molar-refractivity contribution is 6.35. The van der Waals surface area contributed by atoms with Crippen molar-refractivity contribution in [2.45, 2.75) is 19.0 Å². The Labute approximate surface area is 165 Å². The van der Waals surface area contributed by atoms with Gasteiger partial charge >= 0.3 is 11.8 Å². The Morgan fingerprint density at radius 3 is 2.57 bits per heavy atom. The first-order chi connectivity index (χ1) is 13.6. The summed E-state index contributed by atoms with van der Waals surface area (Å²) < 4.78 is 6.95. The van der Waals surface area contributed by atoms with E-state index >= 15 is 0 Å². The molecule has 2 amide bonds. The lowest BCUT2D eigenvalue weighted by Gasteiger charge is -2.36. The molecule has 1 atom stereocenters. The fraction of sp³-hybridized carbons (Fsp3) is 0.429. The summed E-state index contributed by atoms with van der Waals surface area (Å²) in [7, 11) is 3.55. The van der Waals surface area contributed by atoms with Gasteiger partial charge in [-0.05, 0) is 29.7 Å². The molecule has 7 nitrogen and oxygen atoms in total. The van der Waals surface area contributed by atoms with E-state index in [2.05, 4.69) is 50.4 Å². The zero-order valence-electron chi connectivity index (χ0n) is 16.5. The van der Waals surface area contributed by atoms with Crippen molar-refractivity contribution in [1.29, 1.82) is 0 Å². The number of aromatic nitrogens is 1. The number of nitrogens with zero attached hydrogens (tertiary/aromatic N) is 2. The van der Waals surface area contributed by atoms with Gasteiger partial charge < -0.3 is 19.9 Å². The minimum Gasteiger partial charge on any atom is -0.383 e. The molecule has 0 spiro atoms. The monoisotopic (exact) mass is 384 g/mol. The van der Waals surface area contributed by atoms with Gasteiger partial charge in [0, 0.05) is 52.2 Å². The van der Waals surface area contributed by atoms with E-state index in [4.69, 9.17) is 4.74 Å². The minimum absolute atomic E-state index is 0.0101.